The number of carbonyl (C=O) groups excluding carboxylic acids is 1. The molecule has 2 aliphatic rings. The van der Waals surface area contributed by atoms with Gasteiger partial charge in [-0.05, 0) is 67.9 Å². The molecule has 2 aromatic heterocycles. The van der Waals surface area contributed by atoms with E-state index in [-0.39, 0.29) is 17.8 Å². The van der Waals surface area contributed by atoms with E-state index < -0.39 is 0 Å². The molecule has 4 aromatic rings. The second kappa shape index (κ2) is 10.6. The highest BCUT2D eigenvalue weighted by atomic mass is 32.1. The van der Waals surface area contributed by atoms with Crippen molar-refractivity contribution in [2.45, 2.75) is 70.4 Å². The maximum atomic E-state index is 13.5. The first-order chi connectivity index (χ1) is 18.2. The van der Waals surface area contributed by atoms with Gasteiger partial charge in [0, 0.05) is 46.3 Å². The highest BCUT2D eigenvalue weighted by molar-refractivity contribution is 7.16. The number of nitrogens with zero attached hydrogens (tertiary/aromatic N) is 2. The Labute approximate surface area is 221 Å². The third-order valence-corrected chi connectivity index (χ3v) is 8.93. The number of benzene rings is 2. The van der Waals surface area contributed by atoms with E-state index in [1.165, 1.54) is 48.3 Å². The monoisotopic (exact) mass is 513 g/mol. The van der Waals surface area contributed by atoms with E-state index in [2.05, 4.69) is 28.2 Å². The minimum Gasteiger partial charge on any atom is -0.349 e. The van der Waals surface area contributed by atoms with Crippen molar-refractivity contribution in [1.82, 2.24) is 9.88 Å². The molecule has 0 atom stereocenters. The SMILES string of the molecule is O=C(NC1CCCCC1)c1c(N=Cc2cn(Cc3ccc(F)cc3)c3ccccc23)sc2c1CCCC2. The van der Waals surface area contributed by atoms with Gasteiger partial charge in [0.2, 0.25) is 0 Å². The van der Waals surface area contributed by atoms with E-state index in [4.69, 9.17) is 4.99 Å². The quantitative estimate of drug-likeness (QED) is 0.265. The van der Waals surface area contributed by atoms with E-state index in [9.17, 15) is 9.18 Å². The number of aliphatic imine (C=N–C) groups is 1. The number of aryl methyl sites for hydroxylation is 1. The van der Waals surface area contributed by atoms with Gasteiger partial charge in [0.1, 0.15) is 10.8 Å². The lowest BCUT2D eigenvalue weighted by molar-refractivity contribution is 0.0927. The van der Waals surface area contributed by atoms with Crippen molar-refractivity contribution < 1.29 is 9.18 Å². The normalized spacial score (nSPS) is 16.4. The van der Waals surface area contributed by atoms with Crippen LogP contribution in [-0.2, 0) is 19.4 Å². The molecule has 0 radical (unpaired) electrons. The fourth-order valence-electron chi connectivity index (χ4n) is 5.80. The van der Waals surface area contributed by atoms with Crippen molar-refractivity contribution in [1.29, 1.82) is 0 Å². The predicted molar refractivity (Wildman–Crippen MR) is 150 cm³/mol. The van der Waals surface area contributed by atoms with Gasteiger partial charge in [-0.2, -0.15) is 0 Å². The third kappa shape index (κ3) is 5.12. The first-order valence-electron chi connectivity index (χ1n) is 13.5. The minimum absolute atomic E-state index is 0.0530. The summed E-state index contributed by atoms with van der Waals surface area (Å²) in [7, 11) is 0. The second-order valence-electron chi connectivity index (χ2n) is 10.3. The van der Waals surface area contributed by atoms with Crippen LogP contribution in [0.4, 0.5) is 9.39 Å². The molecule has 190 valence electrons. The molecule has 0 aliphatic heterocycles. The van der Waals surface area contributed by atoms with Crippen molar-refractivity contribution in [2.24, 2.45) is 4.99 Å². The number of amides is 1. The van der Waals surface area contributed by atoms with Gasteiger partial charge in [-0.1, -0.05) is 49.6 Å². The van der Waals surface area contributed by atoms with Crippen molar-refractivity contribution in [3.05, 3.63) is 87.7 Å². The number of rotatable bonds is 6. The number of halogens is 1. The largest absolute Gasteiger partial charge is 0.349 e. The van der Waals surface area contributed by atoms with Gasteiger partial charge in [-0.3, -0.25) is 4.79 Å². The Balaban J connectivity index is 1.33. The van der Waals surface area contributed by atoms with E-state index >= 15 is 0 Å². The zero-order valence-electron chi connectivity index (χ0n) is 21.0. The van der Waals surface area contributed by atoms with Crippen molar-refractivity contribution in [3.8, 4) is 0 Å². The lowest BCUT2D eigenvalue weighted by Crippen LogP contribution is -2.36. The van der Waals surface area contributed by atoms with Gasteiger partial charge < -0.3 is 9.88 Å². The number of nitrogens with one attached hydrogen (secondary N) is 1. The van der Waals surface area contributed by atoms with Crippen LogP contribution in [0, 0.1) is 5.82 Å². The fraction of sp³-hybridized carbons (Fsp3) is 0.355. The van der Waals surface area contributed by atoms with Crippen LogP contribution in [0.25, 0.3) is 10.9 Å². The highest BCUT2D eigenvalue weighted by Gasteiger charge is 2.27. The van der Waals surface area contributed by atoms with Gasteiger partial charge in [-0.25, -0.2) is 9.38 Å². The summed E-state index contributed by atoms with van der Waals surface area (Å²) in [5.74, 6) is -0.173. The Morgan fingerprint density at radius 3 is 2.65 bits per heavy atom. The van der Waals surface area contributed by atoms with Crippen LogP contribution < -0.4 is 5.32 Å². The molecular formula is C31H32FN3OS. The van der Waals surface area contributed by atoms with Crippen LogP contribution in [0.2, 0.25) is 0 Å². The fourth-order valence-corrected chi connectivity index (χ4v) is 7.04. The zero-order valence-corrected chi connectivity index (χ0v) is 21.8. The molecule has 1 N–H and O–H groups in total. The summed E-state index contributed by atoms with van der Waals surface area (Å²) in [6.45, 7) is 0.650. The first-order valence-corrected chi connectivity index (χ1v) is 14.3. The van der Waals surface area contributed by atoms with E-state index in [1.54, 1.807) is 11.3 Å². The van der Waals surface area contributed by atoms with Crippen molar-refractivity contribution in [2.75, 3.05) is 0 Å². The number of aromatic nitrogens is 1. The van der Waals surface area contributed by atoms with Crippen LogP contribution in [0.1, 0.15) is 76.9 Å². The molecule has 6 rings (SSSR count). The Kier molecular flexibility index (Phi) is 6.92. The molecule has 1 saturated carbocycles. The summed E-state index contributed by atoms with van der Waals surface area (Å²) in [6.07, 6.45) is 14.1. The third-order valence-electron chi connectivity index (χ3n) is 7.73. The van der Waals surface area contributed by atoms with Gasteiger partial charge in [0.05, 0.1) is 5.56 Å². The number of hydrogen-bond donors (Lipinski definition) is 1. The predicted octanol–water partition coefficient (Wildman–Crippen LogP) is 7.58. The summed E-state index contributed by atoms with van der Waals surface area (Å²) in [4.78, 5) is 19.8. The molecule has 2 heterocycles. The first kappa shape index (κ1) is 24.1. The van der Waals surface area contributed by atoms with E-state index in [0.29, 0.717) is 6.54 Å². The van der Waals surface area contributed by atoms with E-state index in [0.717, 1.165) is 64.7 Å². The van der Waals surface area contributed by atoms with Gasteiger partial charge in [-0.15, -0.1) is 11.3 Å². The van der Waals surface area contributed by atoms with Crippen LogP contribution in [0.5, 0.6) is 0 Å². The summed E-state index contributed by atoms with van der Waals surface area (Å²) >= 11 is 1.69. The lowest BCUT2D eigenvalue weighted by Gasteiger charge is -2.23. The molecule has 1 amide bonds. The van der Waals surface area contributed by atoms with Crippen LogP contribution in [-0.4, -0.2) is 22.7 Å². The molecular weight excluding hydrogens is 481 g/mol. The molecule has 2 aliphatic carbocycles. The van der Waals surface area contributed by atoms with Crippen LogP contribution in [0.15, 0.2) is 59.7 Å². The average molecular weight is 514 g/mol. The van der Waals surface area contributed by atoms with Crippen molar-refractivity contribution in [3.63, 3.8) is 0 Å². The van der Waals surface area contributed by atoms with Gasteiger partial charge >= 0.3 is 0 Å². The lowest BCUT2D eigenvalue weighted by atomic mass is 9.93. The molecule has 0 saturated heterocycles. The van der Waals surface area contributed by atoms with E-state index in [1.807, 2.05) is 30.5 Å². The number of carbonyl (C=O) groups is 1. The summed E-state index contributed by atoms with van der Waals surface area (Å²) in [6, 6.07) is 15.2. The molecule has 4 nitrogen and oxygen atoms in total. The summed E-state index contributed by atoms with van der Waals surface area (Å²) in [5.41, 5.74) is 5.18. The second-order valence-corrected chi connectivity index (χ2v) is 11.4. The number of thiophene rings is 1. The Hall–Kier alpha value is -3.25. The number of hydrogen-bond acceptors (Lipinski definition) is 3. The smallest absolute Gasteiger partial charge is 0.254 e. The van der Waals surface area contributed by atoms with Gasteiger partial charge in [0.25, 0.3) is 5.91 Å². The molecule has 0 unspecified atom stereocenters. The Bertz CT molecular complexity index is 1440. The molecule has 0 bridgehead atoms. The molecule has 6 heteroatoms. The average Bonchev–Trinajstić information content (AvgIpc) is 3.47. The van der Waals surface area contributed by atoms with Crippen molar-refractivity contribution >= 4 is 39.4 Å². The number of fused-ring (bicyclic) bond motifs is 2. The Morgan fingerprint density at radius 1 is 1.03 bits per heavy atom. The maximum absolute atomic E-state index is 13.5. The zero-order chi connectivity index (χ0) is 25.2. The van der Waals surface area contributed by atoms with Crippen LogP contribution >= 0.6 is 11.3 Å². The molecule has 2 aromatic carbocycles. The minimum atomic E-state index is -0.226. The molecule has 0 spiro atoms. The highest BCUT2D eigenvalue weighted by Crippen LogP contribution is 2.40. The topological polar surface area (TPSA) is 46.4 Å². The standard InChI is InChI=1S/C31H32FN3OS/c32-23-16-14-21(15-17-23)19-35-20-22(25-10-4-6-12-27(25)35)18-33-31-29(26-11-5-7-13-28(26)37-31)30(36)34-24-8-2-1-3-9-24/h4,6,10,12,14-18,20,24H,1-3,5,7-9,11,13,19H2,(H,34,36). The van der Waals surface area contributed by atoms with Gasteiger partial charge in [0.15, 0.2) is 0 Å². The van der Waals surface area contributed by atoms with Crippen LogP contribution in [0.3, 0.4) is 0 Å². The summed E-state index contributed by atoms with van der Waals surface area (Å²) in [5, 5.41) is 5.28. The molecule has 37 heavy (non-hydrogen) atoms. The summed E-state index contributed by atoms with van der Waals surface area (Å²) < 4.78 is 15.6. The number of para-hydroxylation sites is 1. The molecule has 1 fully saturated rings. The Morgan fingerprint density at radius 2 is 1.81 bits per heavy atom. The maximum Gasteiger partial charge on any atom is 0.254 e.